The molecular weight excluding hydrogens is 293 g/mol. The van der Waals surface area contributed by atoms with Gasteiger partial charge in [-0.2, -0.15) is 8.42 Å². The molecule has 8 heteroatoms. The van der Waals surface area contributed by atoms with E-state index >= 15 is 0 Å². The van der Waals surface area contributed by atoms with Gasteiger partial charge >= 0.3 is 0 Å². The molecule has 0 unspecified atom stereocenters. The third-order valence-electron chi connectivity index (χ3n) is 0.840. The second-order valence-corrected chi connectivity index (χ2v) is 4.35. The summed E-state index contributed by atoms with van der Waals surface area (Å²) >= 11 is 0.974. The molecule has 0 saturated carbocycles. The summed E-state index contributed by atoms with van der Waals surface area (Å²) in [7, 11) is -2.70. The molecule has 0 saturated heterocycles. The number of ether oxygens (including phenoxy) is 1. The molecule has 0 aliphatic rings. The van der Waals surface area contributed by atoms with Crippen molar-refractivity contribution in [2.75, 3.05) is 18.6 Å². The monoisotopic (exact) mass is 302 g/mol. The van der Waals surface area contributed by atoms with E-state index in [1.54, 1.807) is 0 Å². The predicted molar refractivity (Wildman–Crippen MR) is 45.2 cm³/mol. The Hall–Kier alpha value is 0.704. The van der Waals surface area contributed by atoms with E-state index in [0.717, 1.165) is 17.5 Å². The Morgan fingerprint density at radius 2 is 2.15 bits per heavy atom. The Morgan fingerprint density at radius 1 is 1.62 bits per heavy atom. The van der Waals surface area contributed by atoms with E-state index in [9.17, 15) is 13.2 Å². The number of carbonyl (C=O) groups excluding carboxylic acids is 1. The second kappa shape index (κ2) is 8.05. The fourth-order valence-corrected chi connectivity index (χ4v) is 1.91. The maximum absolute atomic E-state index is 10.4. The fourth-order valence-electron chi connectivity index (χ4n) is 0.329. The molecule has 0 atom stereocenters. The molecule has 0 spiro atoms. The van der Waals surface area contributed by atoms with Crippen LogP contribution in [0.3, 0.4) is 0 Å². The first-order chi connectivity index (χ1) is 5.45. The maximum Gasteiger partial charge on any atom is 0.265 e. The van der Waals surface area contributed by atoms with Crippen LogP contribution in [-0.4, -0.2) is 37.6 Å². The zero-order valence-electron chi connectivity index (χ0n) is 6.97. The summed E-state index contributed by atoms with van der Waals surface area (Å²) in [5.74, 6) is 0.375. The quantitative estimate of drug-likeness (QED) is 0.332. The molecule has 0 aliphatic carbocycles. The molecule has 0 aromatic carbocycles. The van der Waals surface area contributed by atoms with Crippen molar-refractivity contribution in [1.82, 2.24) is 0 Å². The Balaban J connectivity index is 0. The smallest absolute Gasteiger partial charge is 0.265 e. The van der Waals surface area contributed by atoms with Gasteiger partial charge in [-0.15, -0.1) is 0 Å². The average Bonchev–Trinajstić information content (AvgIpc) is 1.96. The topological polar surface area (TPSA) is 80.7 Å². The summed E-state index contributed by atoms with van der Waals surface area (Å²) in [6.45, 7) is 0. The molecule has 75 valence electrons. The van der Waals surface area contributed by atoms with Crippen LogP contribution in [0.4, 0.5) is 0 Å². The molecule has 5 nitrogen and oxygen atoms in total. The van der Waals surface area contributed by atoms with E-state index in [2.05, 4.69) is 4.74 Å². The third kappa shape index (κ3) is 12.7. The second-order valence-electron chi connectivity index (χ2n) is 1.80. The first-order valence-corrected chi connectivity index (χ1v) is 5.59. The van der Waals surface area contributed by atoms with E-state index in [4.69, 9.17) is 4.55 Å². The Labute approximate surface area is 107 Å². The average molecular weight is 302 g/mol. The van der Waals surface area contributed by atoms with Gasteiger partial charge in [0, 0.05) is 32.7 Å². The Kier molecular flexibility index (Phi) is 10.00. The number of hydrogen-bond acceptors (Lipinski definition) is 5. The summed E-state index contributed by atoms with van der Waals surface area (Å²) in [5.41, 5.74) is 0. The molecule has 0 fully saturated rings. The molecule has 0 amide bonds. The number of methoxy groups -OCH3 is 1. The van der Waals surface area contributed by atoms with E-state index in [-0.39, 0.29) is 44.2 Å². The number of rotatable bonds is 5. The minimum Gasteiger partial charge on any atom is -0.491 e. The van der Waals surface area contributed by atoms with Crippen molar-refractivity contribution in [3.8, 4) is 0 Å². The largest absolute Gasteiger partial charge is 0.491 e. The summed E-state index contributed by atoms with van der Waals surface area (Å²) in [6.07, 6.45) is 0. The van der Waals surface area contributed by atoms with Gasteiger partial charge in [0.05, 0.1) is 12.9 Å². The van der Waals surface area contributed by atoms with E-state index in [1.807, 2.05) is 0 Å². The number of hydrogen-bond donors (Lipinski definition) is 1. The van der Waals surface area contributed by atoms with Crippen molar-refractivity contribution in [1.29, 1.82) is 0 Å². The molecule has 13 heavy (non-hydrogen) atoms. The van der Waals surface area contributed by atoms with Crippen LogP contribution in [0.2, 0.25) is 0 Å². The van der Waals surface area contributed by atoms with Crippen LogP contribution in [0, 0.1) is 5.75 Å². The van der Waals surface area contributed by atoms with Crippen molar-refractivity contribution >= 4 is 27.8 Å². The van der Waals surface area contributed by atoms with E-state index < -0.39 is 16.1 Å². The van der Waals surface area contributed by atoms with Gasteiger partial charge in [0.2, 0.25) is 0 Å². The molecule has 1 radical (unpaired) electrons. The molecule has 0 heterocycles. The molecular formula is C5H9O5S2Y-. The summed E-state index contributed by atoms with van der Waals surface area (Å²) in [6, 6.07) is 0. The molecule has 0 rings (SSSR count). The van der Waals surface area contributed by atoms with Crippen molar-refractivity contribution in [3.05, 3.63) is 5.75 Å². The summed E-state index contributed by atoms with van der Waals surface area (Å²) in [5, 5.41) is 0. The van der Waals surface area contributed by atoms with Gasteiger partial charge in [0.25, 0.3) is 10.1 Å². The summed E-state index contributed by atoms with van der Waals surface area (Å²) in [4.78, 5) is 10.4. The number of thioether (sulfide) groups is 1. The maximum atomic E-state index is 10.4. The molecule has 0 aromatic heterocycles. The summed E-state index contributed by atoms with van der Waals surface area (Å²) < 4.78 is 32.8. The molecule has 0 bridgehead atoms. The van der Waals surface area contributed by atoms with Gasteiger partial charge in [-0.1, -0.05) is 0 Å². The normalized spacial score (nSPS) is 10.0. The van der Waals surface area contributed by atoms with Gasteiger partial charge in [0.15, 0.2) is 5.97 Å². The number of carbonyl (C=O) groups is 1. The Morgan fingerprint density at radius 3 is 2.54 bits per heavy atom. The zero-order chi connectivity index (χ0) is 9.61. The Bertz CT molecular complexity index is 237. The first kappa shape index (κ1) is 16.1. The van der Waals surface area contributed by atoms with Gasteiger partial charge < -0.3 is 16.5 Å². The minimum atomic E-state index is -3.92. The molecule has 1 N–H and O–H groups in total. The van der Waals surface area contributed by atoms with Crippen LogP contribution in [-0.2, 0) is 52.4 Å². The van der Waals surface area contributed by atoms with Crippen LogP contribution in [0.25, 0.3) is 0 Å². The fraction of sp³-hybridized carbons (Fsp3) is 0.600. The predicted octanol–water partition coefficient (Wildman–Crippen LogP) is -0.0603. The van der Waals surface area contributed by atoms with E-state index in [0.29, 0.717) is 0 Å². The van der Waals surface area contributed by atoms with Gasteiger partial charge in [-0.3, -0.25) is 9.35 Å². The SMILES string of the molecule is COC(=O)[CH-]SCCS(=O)(=O)O.[Y]. The van der Waals surface area contributed by atoms with Gasteiger partial charge in [0.1, 0.15) is 0 Å². The van der Waals surface area contributed by atoms with Crippen LogP contribution in [0.15, 0.2) is 0 Å². The molecule has 0 aliphatic heterocycles. The van der Waals surface area contributed by atoms with Crippen molar-refractivity contribution < 1.29 is 55.2 Å². The van der Waals surface area contributed by atoms with Gasteiger partial charge in [-0.25, -0.2) is 5.75 Å². The zero-order valence-corrected chi connectivity index (χ0v) is 11.4. The first-order valence-electron chi connectivity index (χ1n) is 2.93. The molecule has 0 aromatic rings. The van der Waals surface area contributed by atoms with Crippen molar-refractivity contribution in [2.24, 2.45) is 0 Å². The van der Waals surface area contributed by atoms with Crippen LogP contribution in [0.5, 0.6) is 0 Å². The minimum absolute atomic E-state index is 0. The van der Waals surface area contributed by atoms with Crippen LogP contribution < -0.4 is 0 Å². The van der Waals surface area contributed by atoms with E-state index in [1.165, 1.54) is 7.11 Å². The van der Waals surface area contributed by atoms with Gasteiger partial charge in [-0.05, 0) is 5.75 Å². The number of esters is 1. The van der Waals surface area contributed by atoms with Crippen LogP contribution >= 0.6 is 11.8 Å². The standard InChI is InChI=1S/C5H9O5S2.Y/c1-10-5(6)4-11-2-3-12(7,8)9;/h4H,2-3H2,1H3,(H,7,8,9);/q-1;. The van der Waals surface area contributed by atoms with Crippen molar-refractivity contribution in [3.63, 3.8) is 0 Å². The third-order valence-corrected chi connectivity index (χ3v) is 2.62. The van der Waals surface area contributed by atoms with Crippen molar-refractivity contribution in [2.45, 2.75) is 0 Å². The van der Waals surface area contributed by atoms with Crippen LogP contribution in [0.1, 0.15) is 0 Å².